The summed E-state index contributed by atoms with van der Waals surface area (Å²) in [5.41, 5.74) is 4.82. The quantitative estimate of drug-likeness (QED) is 0.409. The third kappa shape index (κ3) is 4.17. The first kappa shape index (κ1) is 20.8. The number of carbonyl (C=O) groups excluding carboxylic acids is 1. The second-order valence-corrected chi connectivity index (χ2v) is 7.96. The zero-order valence-electron chi connectivity index (χ0n) is 17.8. The van der Waals surface area contributed by atoms with Crippen LogP contribution in [0.1, 0.15) is 11.1 Å². The van der Waals surface area contributed by atoms with Gasteiger partial charge in [-0.3, -0.25) is 14.5 Å². The van der Waals surface area contributed by atoms with Gasteiger partial charge in [-0.2, -0.15) is 5.10 Å². The first-order chi connectivity index (χ1) is 16.0. The first-order valence-corrected chi connectivity index (χ1v) is 10.5. The van der Waals surface area contributed by atoms with Crippen LogP contribution in [-0.2, 0) is 17.9 Å². The molecule has 33 heavy (non-hydrogen) atoms. The van der Waals surface area contributed by atoms with Gasteiger partial charge < -0.3 is 5.32 Å². The summed E-state index contributed by atoms with van der Waals surface area (Å²) in [6.45, 7) is 2.27. The molecule has 0 saturated carbocycles. The molecule has 0 fully saturated rings. The number of nitrogens with one attached hydrogen (secondary N) is 1. The molecule has 5 rings (SSSR count). The Kier molecular flexibility index (Phi) is 5.30. The molecule has 7 heteroatoms. The van der Waals surface area contributed by atoms with Crippen molar-refractivity contribution in [3.63, 3.8) is 0 Å². The predicted molar refractivity (Wildman–Crippen MR) is 123 cm³/mol. The van der Waals surface area contributed by atoms with Gasteiger partial charge in [-0.05, 0) is 61.0 Å². The molecule has 2 heterocycles. The van der Waals surface area contributed by atoms with Crippen molar-refractivity contribution in [2.24, 2.45) is 0 Å². The minimum Gasteiger partial charge on any atom is -0.350 e. The Bertz CT molecular complexity index is 1480. The van der Waals surface area contributed by atoms with Crippen LogP contribution < -0.4 is 5.32 Å². The maximum absolute atomic E-state index is 13.5. The van der Waals surface area contributed by atoms with E-state index in [0.29, 0.717) is 5.69 Å². The van der Waals surface area contributed by atoms with Gasteiger partial charge >= 0.3 is 0 Å². The Balaban J connectivity index is 1.55. The van der Waals surface area contributed by atoms with Crippen molar-refractivity contribution in [1.29, 1.82) is 0 Å². The summed E-state index contributed by atoms with van der Waals surface area (Å²) >= 11 is 0. The summed E-state index contributed by atoms with van der Waals surface area (Å²) in [4.78, 5) is 17.3. The van der Waals surface area contributed by atoms with Crippen LogP contribution in [0.15, 0.2) is 72.9 Å². The molecular weight excluding hydrogens is 422 g/mol. The van der Waals surface area contributed by atoms with Crippen LogP contribution in [0.5, 0.6) is 0 Å². The second-order valence-electron chi connectivity index (χ2n) is 7.96. The lowest BCUT2D eigenvalue weighted by Crippen LogP contribution is -2.27. The van der Waals surface area contributed by atoms with Crippen molar-refractivity contribution in [1.82, 2.24) is 20.1 Å². The van der Waals surface area contributed by atoms with Gasteiger partial charge in [-0.15, -0.1) is 0 Å². The predicted octanol–water partition coefficient (Wildman–Crippen LogP) is 5.15. The molecule has 2 aromatic heterocycles. The van der Waals surface area contributed by atoms with E-state index in [9.17, 15) is 13.6 Å². The smallest absolute Gasteiger partial charge is 0.242 e. The fraction of sp³-hybridized carbons (Fsp3) is 0.115. The number of halogens is 2. The van der Waals surface area contributed by atoms with E-state index in [1.165, 1.54) is 24.3 Å². The van der Waals surface area contributed by atoms with Crippen molar-refractivity contribution in [3.05, 3.63) is 95.7 Å². The van der Waals surface area contributed by atoms with Crippen LogP contribution in [0.4, 0.5) is 8.78 Å². The molecule has 0 unspecified atom stereocenters. The number of amides is 1. The maximum Gasteiger partial charge on any atom is 0.242 e. The normalized spacial score (nSPS) is 11.2. The number of aromatic nitrogens is 3. The number of pyridine rings is 1. The number of nitrogens with zero attached hydrogens (tertiary/aromatic N) is 3. The zero-order valence-corrected chi connectivity index (χ0v) is 17.8. The number of benzene rings is 3. The summed E-state index contributed by atoms with van der Waals surface area (Å²) in [6, 6.07) is 18.0. The lowest BCUT2D eigenvalue weighted by molar-refractivity contribution is -0.121. The van der Waals surface area contributed by atoms with Gasteiger partial charge in [0.05, 0.1) is 11.0 Å². The Morgan fingerprint density at radius 2 is 1.64 bits per heavy atom. The summed E-state index contributed by atoms with van der Waals surface area (Å²) in [5.74, 6) is -0.883. The molecule has 0 spiro atoms. The molecule has 0 bridgehead atoms. The minimum atomic E-state index is -0.332. The van der Waals surface area contributed by atoms with Gasteiger partial charge in [0, 0.05) is 29.1 Å². The highest BCUT2D eigenvalue weighted by Gasteiger charge is 2.18. The average molecular weight is 442 g/mol. The van der Waals surface area contributed by atoms with E-state index in [4.69, 9.17) is 5.10 Å². The van der Waals surface area contributed by atoms with Crippen LogP contribution in [0.2, 0.25) is 0 Å². The van der Waals surface area contributed by atoms with Gasteiger partial charge in [0.1, 0.15) is 23.9 Å². The molecular formula is C26H20F2N4O. The highest BCUT2D eigenvalue weighted by Crippen LogP contribution is 2.32. The van der Waals surface area contributed by atoms with E-state index in [1.54, 1.807) is 35.1 Å². The molecule has 0 aliphatic carbocycles. The molecule has 5 nitrogen and oxygen atoms in total. The fourth-order valence-electron chi connectivity index (χ4n) is 3.90. The van der Waals surface area contributed by atoms with E-state index >= 15 is 0 Å². The van der Waals surface area contributed by atoms with Crippen LogP contribution in [0, 0.1) is 18.6 Å². The molecule has 0 saturated heterocycles. The number of carbonyl (C=O) groups is 1. The van der Waals surface area contributed by atoms with Crippen LogP contribution >= 0.6 is 0 Å². The van der Waals surface area contributed by atoms with Crippen molar-refractivity contribution >= 4 is 27.7 Å². The number of hydrogen-bond acceptors (Lipinski definition) is 3. The van der Waals surface area contributed by atoms with E-state index < -0.39 is 0 Å². The minimum absolute atomic E-state index is 0.00799. The van der Waals surface area contributed by atoms with Crippen molar-refractivity contribution in [2.75, 3.05) is 0 Å². The Morgan fingerprint density at radius 3 is 2.36 bits per heavy atom. The molecule has 5 aromatic rings. The van der Waals surface area contributed by atoms with Gasteiger partial charge in [-0.25, -0.2) is 8.78 Å². The highest BCUT2D eigenvalue weighted by molar-refractivity contribution is 6.08. The zero-order chi connectivity index (χ0) is 22.9. The van der Waals surface area contributed by atoms with Crippen molar-refractivity contribution in [2.45, 2.75) is 20.0 Å². The number of fused-ring (bicyclic) bond motifs is 3. The average Bonchev–Trinajstić information content (AvgIpc) is 3.18. The summed E-state index contributed by atoms with van der Waals surface area (Å²) in [7, 11) is 0. The van der Waals surface area contributed by atoms with Crippen LogP contribution in [0.3, 0.4) is 0 Å². The van der Waals surface area contributed by atoms with E-state index in [-0.39, 0.29) is 30.6 Å². The van der Waals surface area contributed by atoms with Crippen LogP contribution in [-0.4, -0.2) is 20.7 Å². The maximum atomic E-state index is 13.5. The van der Waals surface area contributed by atoms with Gasteiger partial charge in [0.25, 0.3) is 0 Å². The summed E-state index contributed by atoms with van der Waals surface area (Å²) < 4.78 is 28.3. The second kappa shape index (κ2) is 8.43. The number of rotatable bonds is 5. The summed E-state index contributed by atoms with van der Waals surface area (Å²) in [5, 5.41) is 9.25. The van der Waals surface area contributed by atoms with E-state index in [2.05, 4.69) is 10.3 Å². The molecule has 1 amide bonds. The third-order valence-electron chi connectivity index (χ3n) is 5.54. The standard InChI is InChI=1S/C26H20F2N4O/c1-16-2-11-23-21(12-16)26-22(14-29-23)25(18-5-9-20(28)10-6-18)31-32(26)15-24(33)30-13-17-3-7-19(27)8-4-17/h2-12,14H,13,15H2,1H3,(H,30,33). The molecule has 0 radical (unpaired) electrons. The van der Waals surface area contributed by atoms with Crippen molar-refractivity contribution in [3.8, 4) is 11.3 Å². The Labute approximate surface area is 188 Å². The molecule has 164 valence electrons. The van der Waals surface area contributed by atoms with E-state index in [1.807, 2.05) is 25.1 Å². The fourth-order valence-corrected chi connectivity index (χ4v) is 3.90. The van der Waals surface area contributed by atoms with Gasteiger partial charge in [0.15, 0.2) is 0 Å². The molecule has 0 aliphatic heterocycles. The third-order valence-corrected chi connectivity index (χ3v) is 5.54. The number of hydrogen-bond donors (Lipinski definition) is 1. The molecule has 1 N–H and O–H groups in total. The monoisotopic (exact) mass is 442 g/mol. The lowest BCUT2D eigenvalue weighted by atomic mass is 10.1. The van der Waals surface area contributed by atoms with Crippen molar-refractivity contribution < 1.29 is 13.6 Å². The highest BCUT2D eigenvalue weighted by atomic mass is 19.1. The Hall–Kier alpha value is -4.13. The topological polar surface area (TPSA) is 59.8 Å². The van der Waals surface area contributed by atoms with Gasteiger partial charge in [-0.1, -0.05) is 23.8 Å². The van der Waals surface area contributed by atoms with Gasteiger partial charge in [0.2, 0.25) is 5.91 Å². The molecule has 0 aliphatic rings. The summed E-state index contributed by atoms with van der Waals surface area (Å²) in [6.07, 6.45) is 1.74. The molecule has 3 aromatic carbocycles. The van der Waals surface area contributed by atoms with E-state index in [0.717, 1.165) is 38.5 Å². The number of aryl methyl sites for hydroxylation is 1. The first-order valence-electron chi connectivity index (χ1n) is 10.5. The Morgan fingerprint density at radius 1 is 0.939 bits per heavy atom. The SMILES string of the molecule is Cc1ccc2ncc3c(-c4ccc(F)cc4)nn(CC(=O)NCc4ccc(F)cc4)c3c2c1. The van der Waals surface area contributed by atoms with Crippen LogP contribution in [0.25, 0.3) is 33.1 Å². The molecule has 0 atom stereocenters. The lowest BCUT2D eigenvalue weighted by Gasteiger charge is -2.08. The largest absolute Gasteiger partial charge is 0.350 e.